The summed E-state index contributed by atoms with van der Waals surface area (Å²) >= 11 is 0. The van der Waals surface area contributed by atoms with E-state index < -0.39 is 17.9 Å². The second kappa shape index (κ2) is 6.33. The predicted molar refractivity (Wildman–Crippen MR) is 76.1 cm³/mol. The van der Waals surface area contributed by atoms with E-state index in [4.69, 9.17) is 11.5 Å². The van der Waals surface area contributed by atoms with Gasteiger partial charge >= 0.3 is 0 Å². The molecule has 5 N–H and O–H groups in total. The maximum absolute atomic E-state index is 11.9. The van der Waals surface area contributed by atoms with Gasteiger partial charge in [-0.15, -0.1) is 0 Å². The highest BCUT2D eigenvalue weighted by Gasteiger charge is 2.21. The molecule has 20 heavy (non-hydrogen) atoms. The molecule has 108 valence electrons. The molecule has 1 aromatic heterocycles. The third-order valence-electron chi connectivity index (χ3n) is 3.21. The van der Waals surface area contributed by atoms with Crippen LogP contribution < -0.4 is 21.7 Å². The van der Waals surface area contributed by atoms with Crippen molar-refractivity contribution >= 4 is 23.3 Å². The zero-order valence-corrected chi connectivity index (χ0v) is 11.2. The van der Waals surface area contributed by atoms with Gasteiger partial charge in [0.2, 0.25) is 11.8 Å². The Morgan fingerprint density at radius 1 is 1.40 bits per heavy atom. The molecule has 0 bridgehead atoms. The number of nitrogens with zero attached hydrogens (tertiary/aromatic N) is 2. The lowest BCUT2D eigenvalue weighted by Gasteiger charge is -2.20. The highest BCUT2D eigenvalue weighted by Crippen LogP contribution is 2.26. The van der Waals surface area contributed by atoms with Crippen LogP contribution in [0, 0.1) is 0 Å². The lowest BCUT2D eigenvalue weighted by molar-refractivity contribution is -0.123. The zero-order chi connectivity index (χ0) is 14.5. The van der Waals surface area contributed by atoms with Crippen molar-refractivity contribution in [3.8, 4) is 0 Å². The van der Waals surface area contributed by atoms with Gasteiger partial charge in [-0.25, -0.2) is 4.98 Å². The summed E-state index contributed by atoms with van der Waals surface area (Å²) in [6.07, 6.45) is 3.74. The van der Waals surface area contributed by atoms with Crippen LogP contribution in [-0.4, -0.2) is 35.9 Å². The zero-order valence-electron chi connectivity index (χ0n) is 11.2. The molecule has 0 aliphatic carbocycles. The molecule has 1 fully saturated rings. The standard InChI is InChI=1S/C13H19N5O2/c14-9(8-11(15)19)13(20)17-10-4-3-5-16-12(10)18-6-1-2-7-18/h3-5,9H,1-2,6-8,14H2,(H2,15,19)(H,17,20). The van der Waals surface area contributed by atoms with E-state index in [1.54, 1.807) is 18.3 Å². The van der Waals surface area contributed by atoms with Crippen LogP contribution in [0.15, 0.2) is 18.3 Å². The fourth-order valence-corrected chi connectivity index (χ4v) is 2.21. The van der Waals surface area contributed by atoms with Gasteiger partial charge in [0, 0.05) is 19.3 Å². The van der Waals surface area contributed by atoms with Crippen LogP contribution in [0.5, 0.6) is 0 Å². The number of nitrogens with one attached hydrogen (secondary N) is 1. The molecular weight excluding hydrogens is 258 g/mol. The fraction of sp³-hybridized carbons (Fsp3) is 0.462. The molecule has 0 spiro atoms. The Bertz CT molecular complexity index is 499. The van der Waals surface area contributed by atoms with Crippen molar-refractivity contribution in [1.82, 2.24) is 4.98 Å². The van der Waals surface area contributed by atoms with Crippen molar-refractivity contribution < 1.29 is 9.59 Å². The minimum atomic E-state index is -0.945. The van der Waals surface area contributed by atoms with Gasteiger partial charge in [0.05, 0.1) is 18.2 Å². The highest BCUT2D eigenvalue weighted by atomic mass is 16.2. The predicted octanol–water partition coefficient (Wildman–Crippen LogP) is -0.177. The molecule has 1 unspecified atom stereocenters. The highest BCUT2D eigenvalue weighted by molar-refractivity contribution is 5.99. The number of hydrogen-bond donors (Lipinski definition) is 3. The van der Waals surface area contributed by atoms with Crippen molar-refractivity contribution in [2.45, 2.75) is 25.3 Å². The van der Waals surface area contributed by atoms with Crippen molar-refractivity contribution in [3.63, 3.8) is 0 Å². The molecular formula is C13H19N5O2. The maximum Gasteiger partial charge on any atom is 0.241 e. The van der Waals surface area contributed by atoms with Crippen LogP contribution in [0.25, 0.3) is 0 Å². The van der Waals surface area contributed by atoms with Crippen LogP contribution in [-0.2, 0) is 9.59 Å². The molecule has 2 amide bonds. The van der Waals surface area contributed by atoms with Gasteiger partial charge in [-0.05, 0) is 25.0 Å². The number of pyridine rings is 1. The monoisotopic (exact) mass is 277 g/mol. The second-order valence-corrected chi connectivity index (χ2v) is 4.83. The molecule has 2 rings (SSSR count). The van der Waals surface area contributed by atoms with Crippen LogP contribution in [0.3, 0.4) is 0 Å². The van der Waals surface area contributed by atoms with Gasteiger partial charge in [-0.3, -0.25) is 9.59 Å². The summed E-state index contributed by atoms with van der Waals surface area (Å²) in [7, 11) is 0. The smallest absolute Gasteiger partial charge is 0.241 e. The molecule has 1 aromatic rings. The summed E-state index contributed by atoms with van der Waals surface area (Å²) in [6, 6.07) is 2.57. The number of amides is 2. The fourth-order valence-electron chi connectivity index (χ4n) is 2.21. The average Bonchev–Trinajstić information content (AvgIpc) is 2.92. The Balaban J connectivity index is 2.08. The summed E-state index contributed by atoms with van der Waals surface area (Å²) in [5.41, 5.74) is 11.3. The van der Waals surface area contributed by atoms with Crippen molar-refractivity contribution in [2.75, 3.05) is 23.3 Å². The maximum atomic E-state index is 11.9. The summed E-state index contributed by atoms with van der Waals surface area (Å²) in [5, 5.41) is 2.72. The quantitative estimate of drug-likeness (QED) is 0.691. The van der Waals surface area contributed by atoms with E-state index in [0.29, 0.717) is 5.69 Å². The lowest BCUT2D eigenvalue weighted by Crippen LogP contribution is -2.39. The molecule has 7 nitrogen and oxygen atoms in total. The number of primary amides is 1. The van der Waals surface area contributed by atoms with Crippen LogP contribution in [0.1, 0.15) is 19.3 Å². The Morgan fingerprint density at radius 3 is 2.75 bits per heavy atom. The number of aromatic nitrogens is 1. The van der Waals surface area contributed by atoms with Crippen molar-refractivity contribution in [3.05, 3.63) is 18.3 Å². The van der Waals surface area contributed by atoms with Crippen molar-refractivity contribution in [2.24, 2.45) is 11.5 Å². The third kappa shape index (κ3) is 3.45. The molecule has 1 atom stereocenters. The van der Waals surface area contributed by atoms with E-state index in [1.165, 1.54) is 0 Å². The average molecular weight is 277 g/mol. The van der Waals surface area contributed by atoms with Gasteiger partial charge in [0.25, 0.3) is 0 Å². The van der Waals surface area contributed by atoms with Crippen LogP contribution >= 0.6 is 0 Å². The first kappa shape index (κ1) is 14.3. The van der Waals surface area contributed by atoms with Crippen LogP contribution in [0.2, 0.25) is 0 Å². The van der Waals surface area contributed by atoms with Gasteiger partial charge < -0.3 is 21.7 Å². The Labute approximate surface area is 117 Å². The van der Waals surface area contributed by atoms with E-state index in [-0.39, 0.29) is 6.42 Å². The minimum Gasteiger partial charge on any atom is -0.370 e. The lowest BCUT2D eigenvalue weighted by atomic mass is 10.2. The van der Waals surface area contributed by atoms with Gasteiger partial charge in [-0.1, -0.05) is 0 Å². The van der Waals surface area contributed by atoms with Crippen molar-refractivity contribution in [1.29, 1.82) is 0 Å². The van der Waals surface area contributed by atoms with Gasteiger partial charge in [0.15, 0.2) is 5.82 Å². The number of carbonyl (C=O) groups excluding carboxylic acids is 2. The van der Waals surface area contributed by atoms with E-state index in [2.05, 4.69) is 15.2 Å². The number of carbonyl (C=O) groups is 2. The molecule has 7 heteroatoms. The first-order valence-corrected chi connectivity index (χ1v) is 6.62. The summed E-state index contributed by atoms with van der Waals surface area (Å²) in [4.78, 5) is 29.1. The molecule has 1 saturated heterocycles. The molecule has 1 aliphatic heterocycles. The summed E-state index contributed by atoms with van der Waals surface area (Å²) in [5.74, 6) is -0.291. The van der Waals surface area contributed by atoms with E-state index >= 15 is 0 Å². The largest absolute Gasteiger partial charge is 0.370 e. The molecule has 1 aliphatic rings. The van der Waals surface area contributed by atoms with Crippen LogP contribution in [0.4, 0.5) is 11.5 Å². The van der Waals surface area contributed by atoms with E-state index in [1.807, 2.05) is 0 Å². The van der Waals surface area contributed by atoms with E-state index in [9.17, 15) is 9.59 Å². The Hall–Kier alpha value is -2.15. The first-order chi connectivity index (χ1) is 9.58. The number of anilines is 2. The van der Waals surface area contributed by atoms with E-state index in [0.717, 1.165) is 31.7 Å². The number of rotatable bonds is 5. The van der Waals surface area contributed by atoms with Gasteiger partial charge in [0.1, 0.15) is 0 Å². The number of nitrogens with two attached hydrogens (primary N) is 2. The SMILES string of the molecule is NC(=O)CC(N)C(=O)Nc1cccnc1N1CCCC1. The second-order valence-electron chi connectivity index (χ2n) is 4.83. The normalized spacial score (nSPS) is 15.9. The third-order valence-corrected chi connectivity index (χ3v) is 3.21. The molecule has 0 radical (unpaired) electrons. The summed E-state index contributed by atoms with van der Waals surface area (Å²) in [6.45, 7) is 1.85. The summed E-state index contributed by atoms with van der Waals surface area (Å²) < 4.78 is 0. The van der Waals surface area contributed by atoms with Gasteiger partial charge in [-0.2, -0.15) is 0 Å². The Kier molecular flexibility index (Phi) is 4.52. The topological polar surface area (TPSA) is 114 Å². The first-order valence-electron chi connectivity index (χ1n) is 6.62. The minimum absolute atomic E-state index is 0.175. The molecule has 0 saturated carbocycles. The molecule has 2 heterocycles. The Morgan fingerprint density at radius 2 is 2.10 bits per heavy atom. The molecule has 0 aromatic carbocycles. The number of hydrogen-bond acceptors (Lipinski definition) is 5.